The molecule has 0 spiro atoms. The second kappa shape index (κ2) is 4.19. The highest BCUT2D eigenvalue weighted by molar-refractivity contribution is 4.94. The van der Waals surface area contributed by atoms with Crippen LogP contribution in [0, 0.1) is 11.3 Å². The average molecular weight is 197 g/mol. The topological polar surface area (TPSA) is 46.2 Å². The molecule has 0 aliphatic heterocycles. The quantitative estimate of drug-likeness (QED) is 0.727. The van der Waals surface area contributed by atoms with Gasteiger partial charge in [-0.3, -0.25) is 0 Å². The number of rotatable bonds is 3. The maximum absolute atomic E-state index is 10.0. The van der Waals surface area contributed by atoms with Crippen molar-refractivity contribution in [3.05, 3.63) is 0 Å². The first-order chi connectivity index (χ1) is 6.77. The van der Waals surface area contributed by atoms with Crippen molar-refractivity contribution in [2.45, 2.75) is 57.5 Å². The molecule has 0 bridgehead atoms. The van der Waals surface area contributed by atoms with Crippen LogP contribution in [0.5, 0.6) is 0 Å². The third-order valence-corrected chi connectivity index (χ3v) is 4.44. The summed E-state index contributed by atoms with van der Waals surface area (Å²) in [6.07, 6.45) is 9.89. The second-order valence-corrected chi connectivity index (χ2v) is 5.33. The third kappa shape index (κ3) is 1.82. The van der Waals surface area contributed by atoms with Gasteiger partial charge < -0.3 is 10.8 Å². The predicted octanol–water partition coefficient (Wildman–Crippen LogP) is 2.06. The number of aliphatic hydroxyl groups is 1. The van der Waals surface area contributed by atoms with Crippen molar-refractivity contribution in [3.8, 4) is 0 Å². The number of aliphatic hydroxyl groups excluding tert-OH is 1. The van der Waals surface area contributed by atoms with Crippen molar-refractivity contribution in [1.29, 1.82) is 0 Å². The first-order valence-corrected chi connectivity index (χ1v) is 6.15. The summed E-state index contributed by atoms with van der Waals surface area (Å²) in [5.41, 5.74) is 5.97. The van der Waals surface area contributed by atoms with E-state index >= 15 is 0 Å². The Morgan fingerprint density at radius 3 is 2.36 bits per heavy atom. The maximum atomic E-state index is 10.0. The maximum Gasteiger partial charge on any atom is 0.0608 e. The monoisotopic (exact) mass is 197 g/mol. The molecule has 2 saturated carbocycles. The SMILES string of the molecule is NCC1(CC2CCCC2)CCCC1O. The van der Waals surface area contributed by atoms with Crippen LogP contribution in [0.2, 0.25) is 0 Å². The van der Waals surface area contributed by atoms with Crippen molar-refractivity contribution < 1.29 is 5.11 Å². The van der Waals surface area contributed by atoms with Crippen LogP contribution in [0.1, 0.15) is 51.4 Å². The Labute approximate surface area is 86.9 Å². The highest BCUT2D eigenvalue weighted by Gasteiger charge is 2.42. The zero-order valence-electron chi connectivity index (χ0n) is 9.04. The van der Waals surface area contributed by atoms with Gasteiger partial charge in [-0.1, -0.05) is 32.1 Å². The summed E-state index contributed by atoms with van der Waals surface area (Å²) in [6, 6.07) is 0. The van der Waals surface area contributed by atoms with E-state index in [0.717, 1.165) is 18.8 Å². The lowest BCUT2D eigenvalue weighted by atomic mass is 9.75. The lowest BCUT2D eigenvalue weighted by Gasteiger charge is -2.33. The van der Waals surface area contributed by atoms with Gasteiger partial charge in [-0.15, -0.1) is 0 Å². The van der Waals surface area contributed by atoms with Gasteiger partial charge in [0.25, 0.3) is 0 Å². The molecule has 2 nitrogen and oxygen atoms in total. The van der Waals surface area contributed by atoms with Crippen LogP contribution in [0.4, 0.5) is 0 Å². The van der Waals surface area contributed by atoms with E-state index in [0.29, 0.717) is 6.54 Å². The Morgan fingerprint density at radius 2 is 1.86 bits per heavy atom. The first-order valence-electron chi connectivity index (χ1n) is 6.15. The van der Waals surface area contributed by atoms with Crippen molar-refractivity contribution in [2.75, 3.05) is 6.54 Å². The molecule has 0 aromatic heterocycles. The molecule has 0 aromatic rings. The molecule has 2 heteroatoms. The molecule has 0 saturated heterocycles. The zero-order valence-corrected chi connectivity index (χ0v) is 9.04. The highest BCUT2D eigenvalue weighted by Crippen LogP contribution is 2.45. The Balaban J connectivity index is 1.97. The van der Waals surface area contributed by atoms with Crippen LogP contribution in [0.15, 0.2) is 0 Å². The molecule has 2 aliphatic carbocycles. The van der Waals surface area contributed by atoms with Gasteiger partial charge in [-0.25, -0.2) is 0 Å². The molecule has 0 heterocycles. The smallest absolute Gasteiger partial charge is 0.0608 e. The van der Waals surface area contributed by atoms with Gasteiger partial charge in [0, 0.05) is 12.0 Å². The Kier molecular flexibility index (Phi) is 3.13. The molecular formula is C12H23NO. The molecule has 0 radical (unpaired) electrons. The fourth-order valence-corrected chi connectivity index (χ4v) is 3.47. The van der Waals surface area contributed by atoms with Crippen LogP contribution >= 0.6 is 0 Å². The molecule has 2 rings (SSSR count). The normalized spacial score (nSPS) is 39.4. The van der Waals surface area contributed by atoms with E-state index in [1.54, 1.807) is 0 Å². The lowest BCUT2D eigenvalue weighted by molar-refractivity contribution is 0.0396. The molecule has 14 heavy (non-hydrogen) atoms. The lowest BCUT2D eigenvalue weighted by Crippen LogP contribution is -2.39. The fraction of sp³-hybridized carbons (Fsp3) is 1.00. The molecule has 2 aliphatic rings. The van der Waals surface area contributed by atoms with Crippen molar-refractivity contribution in [3.63, 3.8) is 0 Å². The zero-order chi connectivity index (χ0) is 10.0. The van der Waals surface area contributed by atoms with E-state index in [2.05, 4.69) is 0 Å². The summed E-state index contributed by atoms with van der Waals surface area (Å²) in [7, 11) is 0. The summed E-state index contributed by atoms with van der Waals surface area (Å²) in [4.78, 5) is 0. The van der Waals surface area contributed by atoms with Gasteiger partial charge in [-0.2, -0.15) is 0 Å². The van der Waals surface area contributed by atoms with Gasteiger partial charge in [0.1, 0.15) is 0 Å². The van der Waals surface area contributed by atoms with Gasteiger partial charge in [0.15, 0.2) is 0 Å². The van der Waals surface area contributed by atoms with Gasteiger partial charge >= 0.3 is 0 Å². The summed E-state index contributed by atoms with van der Waals surface area (Å²) in [5, 5.41) is 10.0. The average Bonchev–Trinajstić information content (AvgIpc) is 2.79. The molecule has 0 aromatic carbocycles. The largest absolute Gasteiger partial charge is 0.393 e. The van der Waals surface area contributed by atoms with Crippen LogP contribution in [0.3, 0.4) is 0 Å². The van der Waals surface area contributed by atoms with Crippen LogP contribution < -0.4 is 5.73 Å². The van der Waals surface area contributed by atoms with E-state index in [4.69, 9.17) is 5.73 Å². The van der Waals surface area contributed by atoms with Crippen LogP contribution in [0.25, 0.3) is 0 Å². The number of hydrogen-bond donors (Lipinski definition) is 2. The molecule has 2 fully saturated rings. The van der Waals surface area contributed by atoms with Crippen LogP contribution in [-0.2, 0) is 0 Å². The van der Waals surface area contributed by atoms with Gasteiger partial charge in [0.2, 0.25) is 0 Å². The molecule has 2 unspecified atom stereocenters. The van der Waals surface area contributed by atoms with Crippen molar-refractivity contribution in [1.82, 2.24) is 0 Å². The van der Waals surface area contributed by atoms with Crippen molar-refractivity contribution in [2.24, 2.45) is 17.1 Å². The predicted molar refractivity (Wildman–Crippen MR) is 57.9 cm³/mol. The molecule has 2 atom stereocenters. The summed E-state index contributed by atoms with van der Waals surface area (Å²) >= 11 is 0. The summed E-state index contributed by atoms with van der Waals surface area (Å²) < 4.78 is 0. The highest BCUT2D eigenvalue weighted by atomic mass is 16.3. The van der Waals surface area contributed by atoms with E-state index in [1.165, 1.54) is 38.5 Å². The minimum absolute atomic E-state index is 0.0923. The molecular weight excluding hydrogens is 174 g/mol. The van der Waals surface area contributed by atoms with Crippen LogP contribution in [-0.4, -0.2) is 17.8 Å². The van der Waals surface area contributed by atoms with E-state index < -0.39 is 0 Å². The van der Waals surface area contributed by atoms with E-state index in [9.17, 15) is 5.11 Å². The fourth-order valence-electron chi connectivity index (χ4n) is 3.47. The number of hydrogen-bond acceptors (Lipinski definition) is 2. The van der Waals surface area contributed by atoms with Gasteiger partial charge in [-0.05, 0) is 25.2 Å². The van der Waals surface area contributed by atoms with Gasteiger partial charge in [0.05, 0.1) is 6.10 Å². The Morgan fingerprint density at radius 1 is 1.14 bits per heavy atom. The van der Waals surface area contributed by atoms with E-state index in [1.807, 2.05) is 0 Å². The molecule has 3 N–H and O–H groups in total. The van der Waals surface area contributed by atoms with Crippen molar-refractivity contribution >= 4 is 0 Å². The molecule has 0 amide bonds. The third-order valence-electron chi connectivity index (χ3n) is 4.44. The minimum Gasteiger partial charge on any atom is -0.393 e. The summed E-state index contributed by atoms with van der Waals surface area (Å²) in [6.45, 7) is 0.685. The summed E-state index contributed by atoms with van der Waals surface area (Å²) in [5.74, 6) is 0.853. The van der Waals surface area contributed by atoms with E-state index in [-0.39, 0.29) is 11.5 Å². The number of nitrogens with two attached hydrogens (primary N) is 1. The Bertz CT molecular complexity index is 189. The Hall–Kier alpha value is -0.0800. The second-order valence-electron chi connectivity index (χ2n) is 5.33. The standard InChI is InChI=1S/C12H23NO/c13-9-12(7-3-6-11(12)14)8-10-4-1-2-5-10/h10-11,14H,1-9,13H2. The first kappa shape index (κ1) is 10.4. The minimum atomic E-state index is -0.118. The molecule has 82 valence electrons.